The lowest BCUT2D eigenvalue weighted by Crippen LogP contribution is -2.15. The lowest BCUT2D eigenvalue weighted by molar-refractivity contribution is 0.411. The minimum Gasteiger partial charge on any atom is -0.496 e. The molecule has 0 unspecified atom stereocenters. The minimum atomic E-state index is 0.304. The first-order valence-corrected chi connectivity index (χ1v) is 3.87. The molecule has 0 aromatic heterocycles. The summed E-state index contributed by atoms with van der Waals surface area (Å²) >= 11 is 0. The van der Waals surface area contributed by atoms with E-state index in [0.29, 0.717) is 5.84 Å². The van der Waals surface area contributed by atoms with Crippen molar-refractivity contribution in [1.29, 1.82) is 0 Å². The highest BCUT2D eigenvalue weighted by atomic mass is 16.5. The molecule has 1 aromatic carbocycles. The van der Waals surface area contributed by atoms with Crippen molar-refractivity contribution in [2.24, 2.45) is 16.7 Å². The number of nitrogens with zero attached hydrogens (tertiary/aromatic N) is 1. The molecule has 4 N–H and O–H groups in total. The van der Waals surface area contributed by atoms with Gasteiger partial charge in [0.15, 0.2) is 0 Å². The van der Waals surface area contributed by atoms with Crippen molar-refractivity contribution >= 4 is 5.84 Å². The second-order valence-electron chi connectivity index (χ2n) is 2.70. The molecule has 0 radical (unpaired) electrons. The Morgan fingerprint density at radius 1 is 1.46 bits per heavy atom. The van der Waals surface area contributed by atoms with E-state index in [4.69, 9.17) is 16.3 Å². The first-order chi connectivity index (χ1) is 6.19. The lowest BCUT2D eigenvalue weighted by atomic mass is 10.1. The number of nitrogens with two attached hydrogens (primary N) is 2. The van der Waals surface area contributed by atoms with E-state index in [1.165, 1.54) is 0 Å². The van der Waals surface area contributed by atoms with Gasteiger partial charge in [0.1, 0.15) is 11.6 Å². The maximum absolute atomic E-state index is 5.54. The van der Waals surface area contributed by atoms with Crippen LogP contribution in [0.15, 0.2) is 23.3 Å². The largest absolute Gasteiger partial charge is 0.496 e. The highest BCUT2D eigenvalue weighted by Gasteiger charge is 2.02. The maximum atomic E-state index is 5.54. The molecule has 1 rings (SSSR count). The lowest BCUT2D eigenvalue weighted by Gasteiger charge is -2.06. The number of amidine groups is 1. The van der Waals surface area contributed by atoms with Crippen molar-refractivity contribution in [3.63, 3.8) is 0 Å². The quantitative estimate of drug-likeness (QED) is 0.302. The van der Waals surface area contributed by atoms with Crippen molar-refractivity contribution in [2.75, 3.05) is 7.11 Å². The van der Waals surface area contributed by atoms with E-state index in [1.807, 2.05) is 19.1 Å². The maximum Gasteiger partial charge on any atom is 0.150 e. The highest BCUT2D eigenvalue weighted by Crippen LogP contribution is 2.18. The number of hydrogen-bond donors (Lipinski definition) is 2. The molecule has 0 saturated carbocycles. The predicted molar refractivity (Wildman–Crippen MR) is 52.6 cm³/mol. The third kappa shape index (κ3) is 1.90. The number of ether oxygens (including phenoxy) is 1. The normalized spacial score (nSPS) is 11.4. The summed E-state index contributed by atoms with van der Waals surface area (Å²) in [5.41, 5.74) is 7.36. The molecule has 1 aromatic rings. The van der Waals surface area contributed by atoms with E-state index in [9.17, 15) is 0 Å². The van der Waals surface area contributed by atoms with Crippen LogP contribution >= 0.6 is 0 Å². The monoisotopic (exact) mass is 179 g/mol. The van der Waals surface area contributed by atoms with Gasteiger partial charge in [0.25, 0.3) is 0 Å². The van der Waals surface area contributed by atoms with Crippen LogP contribution in [0.4, 0.5) is 0 Å². The second-order valence-corrected chi connectivity index (χ2v) is 2.70. The van der Waals surface area contributed by atoms with Gasteiger partial charge in [0.05, 0.1) is 7.11 Å². The van der Waals surface area contributed by atoms with Crippen LogP contribution in [0.2, 0.25) is 0 Å². The molecule has 0 fully saturated rings. The number of hydrogen-bond acceptors (Lipinski definition) is 3. The minimum absolute atomic E-state index is 0.304. The number of methoxy groups -OCH3 is 1. The van der Waals surface area contributed by atoms with Crippen LogP contribution in [0.5, 0.6) is 5.75 Å². The molecule has 13 heavy (non-hydrogen) atoms. The number of hydrazone groups is 1. The standard InChI is InChI=1S/C9H13N3O/c1-6-3-4-7(9(10)12-11)5-8(6)13-2/h3-5H,11H2,1-2H3,(H2,10,12). The zero-order chi connectivity index (χ0) is 9.84. The van der Waals surface area contributed by atoms with Crippen molar-refractivity contribution in [2.45, 2.75) is 6.92 Å². The predicted octanol–water partition coefficient (Wildman–Crippen LogP) is 0.583. The molecule has 0 aliphatic heterocycles. The Kier molecular flexibility index (Phi) is 2.74. The van der Waals surface area contributed by atoms with E-state index < -0.39 is 0 Å². The van der Waals surface area contributed by atoms with Crippen molar-refractivity contribution < 1.29 is 4.74 Å². The number of benzene rings is 1. The van der Waals surface area contributed by atoms with E-state index in [-0.39, 0.29) is 0 Å². The van der Waals surface area contributed by atoms with Gasteiger partial charge in [-0.05, 0) is 18.6 Å². The molecule has 0 heterocycles. The average Bonchev–Trinajstić information content (AvgIpc) is 2.17. The Hall–Kier alpha value is -1.71. The molecule has 0 aliphatic rings. The molecule has 0 amide bonds. The van der Waals surface area contributed by atoms with Crippen molar-refractivity contribution in [3.05, 3.63) is 29.3 Å². The van der Waals surface area contributed by atoms with Crippen LogP contribution < -0.4 is 16.3 Å². The molecule has 4 heteroatoms. The van der Waals surface area contributed by atoms with E-state index in [0.717, 1.165) is 16.9 Å². The van der Waals surface area contributed by atoms with Gasteiger partial charge in [-0.15, -0.1) is 0 Å². The van der Waals surface area contributed by atoms with Gasteiger partial charge in [0, 0.05) is 5.56 Å². The molecule has 70 valence electrons. The Morgan fingerprint density at radius 3 is 2.69 bits per heavy atom. The molecule has 0 aliphatic carbocycles. The first-order valence-electron chi connectivity index (χ1n) is 3.87. The molecule has 0 spiro atoms. The molecular weight excluding hydrogens is 166 g/mol. The van der Waals surface area contributed by atoms with E-state index in [1.54, 1.807) is 13.2 Å². The molecule has 0 bridgehead atoms. The summed E-state index contributed by atoms with van der Waals surface area (Å²) in [6, 6.07) is 5.57. The van der Waals surface area contributed by atoms with Crippen LogP contribution in [0, 0.1) is 6.92 Å². The third-order valence-corrected chi connectivity index (χ3v) is 1.84. The van der Waals surface area contributed by atoms with Crippen LogP contribution in [0.3, 0.4) is 0 Å². The van der Waals surface area contributed by atoms with Gasteiger partial charge in [-0.1, -0.05) is 12.1 Å². The van der Waals surface area contributed by atoms with Crippen LogP contribution in [0.25, 0.3) is 0 Å². The second kappa shape index (κ2) is 3.80. The molecule has 0 saturated heterocycles. The smallest absolute Gasteiger partial charge is 0.150 e. The van der Waals surface area contributed by atoms with Crippen LogP contribution in [-0.2, 0) is 0 Å². The van der Waals surface area contributed by atoms with E-state index in [2.05, 4.69) is 5.10 Å². The van der Waals surface area contributed by atoms with Crippen LogP contribution in [0.1, 0.15) is 11.1 Å². The molecule has 4 nitrogen and oxygen atoms in total. The third-order valence-electron chi connectivity index (χ3n) is 1.84. The fourth-order valence-corrected chi connectivity index (χ4v) is 1.05. The zero-order valence-corrected chi connectivity index (χ0v) is 7.74. The summed E-state index contributed by atoms with van der Waals surface area (Å²) in [6.45, 7) is 1.96. The van der Waals surface area contributed by atoms with Crippen molar-refractivity contribution in [1.82, 2.24) is 0 Å². The van der Waals surface area contributed by atoms with Crippen molar-refractivity contribution in [3.8, 4) is 5.75 Å². The summed E-state index contributed by atoms with van der Waals surface area (Å²) in [4.78, 5) is 0. The van der Waals surface area contributed by atoms with Gasteiger partial charge in [-0.2, -0.15) is 5.10 Å². The Morgan fingerprint density at radius 2 is 2.15 bits per heavy atom. The van der Waals surface area contributed by atoms with Crippen LogP contribution in [-0.4, -0.2) is 12.9 Å². The van der Waals surface area contributed by atoms with E-state index >= 15 is 0 Å². The van der Waals surface area contributed by atoms with Gasteiger partial charge < -0.3 is 16.3 Å². The Balaban J connectivity index is 3.13. The average molecular weight is 179 g/mol. The SMILES string of the molecule is COc1cc(C(N)=NN)ccc1C. The van der Waals surface area contributed by atoms with Gasteiger partial charge in [-0.3, -0.25) is 0 Å². The fraction of sp³-hybridized carbons (Fsp3) is 0.222. The summed E-state index contributed by atoms with van der Waals surface area (Å²) in [6.07, 6.45) is 0. The summed E-state index contributed by atoms with van der Waals surface area (Å²) in [5.74, 6) is 6.14. The van der Waals surface area contributed by atoms with Gasteiger partial charge in [0.2, 0.25) is 0 Å². The topological polar surface area (TPSA) is 73.6 Å². The number of rotatable bonds is 2. The molecular formula is C9H13N3O. The number of aryl methyl sites for hydroxylation is 1. The highest BCUT2D eigenvalue weighted by molar-refractivity contribution is 5.97. The Labute approximate surface area is 77.2 Å². The summed E-state index contributed by atoms with van der Waals surface area (Å²) in [5, 5.41) is 3.40. The first kappa shape index (κ1) is 9.38. The molecule has 0 atom stereocenters. The summed E-state index contributed by atoms with van der Waals surface area (Å²) in [7, 11) is 1.61. The van der Waals surface area contributed by atoms with Gasteiger partial charge in [-0.25, -0.2) is 0 Å². The Bertz CT molecular complexity index is 334. The summed E-state index contributed by atoms with van der Waals surface area (Å²) < 4.78 is 5.13. The fourth-order valence-electron chi connectivity index (χ4n) is 1.05. The zero-order valence-electron chi connectivity index (χ0n) is 7.74. The van der Waals surface area contributed by atoms with Gasteiger partial charge >= 0.3 is 0 Å².